The smallest absolute Gasteiger partial charge is 0.210 e. The Hall–Kier alpha value is -1.03. The highest BCUT2D eigenvalue weighted by Crippen LogP contribution is 2.26. The van der Waals surface area contributed by atoms with Crippen LogP contribution in [0.15, 0.2) is 35.7 Å². The zero-order chi connectivity index (χ0) is 12.3. The van der Waals surface area contributed by atoms with E-state index in [0.717, 1.165) is 0 Å². The summed E-state index contributed by atoms with van der Waals surface area (Å²) in [5.41, 5.74) is 0. The molecule has 1 aromatic carbocycles. The zero-order valence-corrected chi connectivity index (χ0v) is 11.0. The summed E-state index contributed by atoms with van der Waals surface area (Å²) in [4.78, 5) is 12.3. The average Bonchev–Trinajstić information content (AvgIpc) is 2.84. The Labute approximate surface area is 113 Å². The quantitative estimate of drug-likeness (QED) is 0.783. The highest BCUT2D eigenvalue weighted by Gasteiger charge is 2.08. The van der Waals surface area contributed by atoms with Gasteiger partial charge in [-0.25, -0.2) is 0 Å². The third-order valence-electron chi connectivity index (χ3n) is 2.06. The van der Waals surface area contributed by atoms with Crippen LogP contribution in [0.1, 0.15) is 9.67 Å². The fourth-order valence-corrected chi connectivity index (χ4v) is 2.16. The van der Waals surface area contributed by atoms with Crippen LogP contribution in [0.25, 0.3) is 0 Å². The lowest BCUT2D eigenvalue weighted by atomic mass is 10.3. The highest BCUT2D eigenvalue weighted by atomic mass is 35.5. The Bertz CT molecular complexity index is 523. The van der Waals surface area contributed by atoms with E-state index in [9.17, 15) is 4.79 Å². The SMILES string of the molecule is O=C(COc1ccc(Cl)c(Cl)c1)c1cccs1. The number of rotatable bonds is 4. The maximum absolute atomic E-state index is 11.7. The molecule has 0 bridgehead atoms. The van der Waals surface area contributed by atoms with Crippen LogP contribution >= 0.6 is 34.5 Å². The van der Waals surface area contributed by atoms with Crippen LogP contribution in [0.3, 0.4) is 0 Å². The number of ether oxygens (including phenoxy) is 1. The number of Topliss-reactive ketones (excluding diaryl/α,β-unsaturated/α-hetero) is 1. The summed E-state index contributed by atoms with van der Waals surface area (Å²) in [5, 5.41) is 2.73. The van der Waals surface area contributed by atoms with Gasteiger partial charge in [-0.3, -0.25) is 4.79 Å². The van der Waals surface area contributed by atoms with Gasteiger partial charge in [0.15, 0.2) is 6.61 Å². The van der Waals surface area contributed by atoms with Crippen molar-refractivity contribution in [3.63, 3.8) is 0 Å². The molecule has 5 heteroatoms. The Balaban J connectivity index is 1.98. The summed E-state index contributed by atoms with van der Waals surface area (Å²) >= 11 is 13.0. The van der Waals surface area contributed by atoms with E-state index in [4.69, 9.17) is 27.9 Å². The van der Waals surface area contributed by atoms with Gasteiger partial charge in [-0.15, -0.1) is 11.3 Å². The van der Waals surface area contributed by atoms with Gasteiger partial charge in [-0.05, 0) is 23.6 Å². The Morgan fingerprint density at radius 2 is 2.06 bits per heavy atom. The second-order valence-corrected chi connectivity index (χ2v) is 5.03. The van der Waals surface area contributed by atoms with Crippen molar-refractivity contribution in [3.8, 4) is 5.75 Å². The van der Waals surface area contributed by atoms with Gasteiger partial charge in [0.25, 0.3) is 0 Å². The minimum Gasteiger partial charge on any atom is -0.485 e. The molecular formula is C12H8Cl2O2S. The minimum absolute atomic E-state index is 0.00151. The molecule has 0 atom stereocenters. The normalized spacial score (nSPS) is 10.2. The summed E-state index contributed by atoms with van der Waals surface area (Å²) in [7, 11) is 0. The van der Waals surface area contributed by atoms with Crippen molar-refractivity contribution >= 4 is 40.3 Å². The van der Waals surface area contributed by atoms with Crippen molar-refractivity contribution in [2.45, 2.75) is 0 Å². The zero-order valence-electron chi connectivity index (χ0n) is 8.65. The van der Waals surface area contributed by atoms with Gasteiger partial charge in [0.1, 0.15) is 5.75 Å². The Morgan fingerprint density at radius 3 is 2.71 bits per heavy atom. The monoisotopic (exact) mass is 286 g/mol. The number of benzene rings is 1. The first-order valence-electron chi connectivity index (χ1n) is 4.81. The van der Waals surface area contributed by atoms with Crippen LogP contribution in [0.4, 0.5) is 0 Å². The molecule has 2 rings (SSSR count). The molecular weight excluding hydrogens is 279 g/mol. The lowest BCUT2D eigenvalue weighted by molar-refractivity contribution is 0.0925. The molecule has 0 aliphatic rings. The number of hydrogen-bond donors (Lipinski definition) is 0. The number of carbonyl (C=O) groups is 1. The Kier molecular flexibility index (Phi) is 4.05. The van der Waals surface area contributed by atoms with E-state index >= 15 is 0 Å². The van der Waals surface area contributed by atoms with E-state index in [2.05, 4.69) is 0 Å². The molecule has 0 aliphatic heterocycles. The van der Waals surface area contributed by atoms with Gasteiger partial charge in [0.2, 0.25) is 5.78 Å². The molecule has 0 spiro atoms. The van der Waals surface area contributed by atoms with E-state index < -0.39 is 0 Å². The topological polar surface area (TPSA) is 26.3 Å². The summed E-state index contributed by atoms with van der Waals surface area (Å²) in [6.07, 6.45) is 0. The molecule has 0 saturated heterocycles. The fourth-order valence-electron chi connectivity index (χ4n) is 1.22. The number of hydrogen-bond acceptors (Lipinski definition) is 3. The van der Waals surface area contributed by atoms with Crippen molar-refractivity contribution < 1.29 is 9.53 Å². The molecule has 0 fully saturated rings. The molecule has 2 aromatic rings. The van der Waals surface area contributed by atoms with E-state index in [1.807, 2.05) is 11.4 Å². The number of ketones is 1. The van der Waals surface area contributed by atoms with Crippen LogP contribution < -0.4 is 4.74 Å². The third kappa shape index (κ3) is 3.22. The van der Waals surface area contributed by atoms with Gasteiger partial charge < -0.3 is 4.74 Å². The third-order valence-corrected chi connectivity index (χ3v) is 3.71. The Morgan fingerprint density at radius 1 is 1.24 bits per heavy atom. The van der Waals surface area contributed by atoms with Crippen LogP contribution in [-0.2, 0) is 0 Å². The summed E-state index contributed by atoms with van der Waals surface area (Å²) in [6, 6.07) is 8.50. The van der Waals surface area contributed by atoms with Crippen molar-refractivity contribution in [2.75, 3.05) is 6.61 Å². The molecule has 17 heavy (non-hydrogen) atoms. The molecule has 1 aromatic heterocycles. The van der Waals surface area contributed by atoms with Gasteiger partial charge >= 0.3 is 0 Å². The molecule has 0 N–H and O–H groups in total. The van der Waals surface area contributed by atoms with Crippen molar-refractivity contribution in [3.05, 3.63) is 50.6 Å². The number of halogens is 2. The van der Waals surface area contributed by atoms with Gasteiger partial charge in [-0.1, -0.05) is 29.3 Å². The molecule has 0 radical (unpaired) electrons. The lowest BCUT2D eigenvalue weighted by Crippen LogP contribution is -2.09. The number of thiophene rings is 1. The predicted octanol–water partition coefficient (Wildman–Crippen LogP) is 4.32. The average molecular weight is 287 g/mol. The standard InChI is InChI=1S/C12H8Cl2O2S/c13-9-4-3-8(6-10(9)14)16-7-11(15)12-2-1-5-17-12/h1-6H,7H2. The van der Waals surface area contributed by atoms with Gasteiger partial charge in [0, 0.05) is 6.07 Å². The summed E-state index contributed by atoms with van der Waals surface area (Å²) < 4.78 is 5.34. The summed E-state index contributed by atoms with van der Waals surface area (Å²) in [6.45, 7) is -0.00151. The van der Waals surface area contributed by atoms with E-state index in [0.29, 0.717) is 20.7 Å². The van der Waals surface area contributed by atoms with E-state index in [-0.39, 0.29) is 12.4 Å². The van der Waals surface area contributed by atoms with Crippen molar-refractivity contribution in [2.24, 2.45) is 0 Å². The van der Waals surface area contributed by atoms with E-state index in [1.165, 1.54) is 11.3 Å². The van der Waals surface area contributed by atoms with Gasteiger partial charge in [0.05, 0.1) is 14.9 Å². The maximum atomic E-state index is 11.7. The second-order valence-electron chi connectivity index (χ2n) is 3.27. The first-order valence-corrected chi connectivity index (χ1v) is 6.45. The van der Waals surface area contributed by atoms with Crippen LogP contribution in [-0.4, -0.2) is 12.4 Å². The first kappa shape index (κ1) is 12.4. The maximum Gasteiger partial charge on any atom is 0.210 e. The van der Waals surface area contributed by atoms with Crippen LogP contribution in [0.5, 0.6) is 5.75 Å². The molecule has 88 valence electrons. The second kappa shape index (κ2) is 5.54. The van der Waals surface area contributed by atoms with Crippen LogP contribution in [0.2, 0.25) is 10.0 Å². The molecule has 2 nitrogen and oxygen atoms in total. The van der Waals surface area contributed by atoms with Crippen molar-refractivity contribution in [1.82, 2.24) is 0 Å². The number of carbonyl (C=O) groups excluding carboxylic acids is 1. The molecule has 0 unspecified atom stereocenters. The predicted molar refractivity (Wildman–Crippen MR) is 70.6 cm³/mol. The lowest BCUT2D eigenvalue weighted by Gasteiger charge is -2.05. The van der Waals surface area contributed by atoms with E-state index in [1.54, 1.807) is 24.3 Å². The fraction of sp³-hybridized carbons (Fsp3) is 0.0833. The highest BCUT2D eigenvalue weighted by molar-refractivity contribution is 7.12. The summed E-state index contributed by atoms with van der Waals surface area (Å²) in [5.74, 6) is 0.482. The molecule has 1 heterocycles. The van der Waals surface area contributed by atoms with Gasteiger partial charge in [-0.2, -0.15) is 0 Å². The van der Waals surface area contributed by atoms with Crippen molar-refractivity contribution in [1.29, 1.82) is 0 Å². The van der Waals surface area contributed by atoms with Crippen LogP contribution in [0, 0.1) is 0 Å². The molecule has 0 saturated carbocycles. The molecule has 0 aliphatic carbocycles. The molecule has 0 amide bonds. The first-order chi connectivity index (χ1) is 8.16. The minimum atomic E-state index is -0.0499. The largest absolute Gasteiger partial charge is 0.485 e.